The van der Waals surface area contributed by atoms with Gasteiger partial charge in [-0.2, -0.15) is 0 Å². The third kappa shape index (κ3) is 7.28. The summed E-state index contributed by atoms with van der Waals surface area (Å²) >= 11 is 15.0. The van der Waals surface area contributed by atoms with Gasteiger partial charge in [-0.25, -0.2) is 0 Å². The Morgan fingerprint density at radius 3 is 2.06 bits per heavy atom. The van der Waals surface area contributed by atoms with Gasteiger partial charge in [0.1, 0.15) is 5.88 Å². The van der Waals surface area contributed by atoms with E-state index in [0.29, 0.717) is 13.0 Å². The summed E-state index contributed by atoms with van der Waals surface area (Å²) in [5, 5.41) is 23.6. The van der Waals surface area contributed by atoms with Crippen molar-refractivity contribution in [2.45, 2.75) is 12.8 Å². The number of nitrogens with zero attached hydrogens (tertiary/aromatic N) is 3. The van der Waals surface area contributed by atoms with Gasteiger partial charge >= 0.3 is 0 Å². The number of anilines is 2. The number of non-ortho nitro benzene ring substituents is 2. The van der Waals surface area contributed by atoms with Crippen LogP contribution >= 0.6 is 34.8 Å². The smallest absolute Gasteiger partial charge is 0.269 e. The fraction of sp³-hybridized carbons (Fsp3) is 0.300. The number of alkyl halides is 2. The molecule has 13 heteroatoms. The Kier molecular flexibility index (Phi) is 9.83. The normalized spacial score (nSPS) is 12.8. The standard InChI is InChI=1S/C10H9ClN2O3.C8H8N2O2.C2H2Cl2O/c11-6-10(14)12-4-3-7-5-8(13(15)16)1-2-9(7)12;11-10(12)7-1-2-8-6(5-7)3-4-9-8;3-1-2(4)5/h1-2,5H,3-4,6H2;1-2,5,9H,3-4H2;1H2. The Balaban J connectivity index is 0.000000200. The molecule has 0 aromatic heterocycles. The van der Waals surface area contributed by atoms with Gasteiger partial charge in [0.05, 0.1) is 15.7 Å². The number of fused-ring (bicyclic) bond motifs is 2. The van der Waals surface area contributed by atoms with Crippen molar-refractivity contribution in [3.8, 4) is 0 Å². The van der Waals surface area contributed by atoms with E-state index in [9.17, 15) is 29.8 Å². The molecule has 0 fully saturated rings. The zero-order chi connectivity index (χ0) is 24.5. The summed E-state index contributed by atoms with van der Waals surface area (Å²) in [7, 11) is 0. The van der Waals surface area contributed by atoms with Crippen LogP contribution in [0.5, 0.6) is 0 Å². The Morgan fingerprint density at radius 1 is 0.939 bits per heavy atom. The number of nitro benzene ring substituents is 2. The number of hydrogen-bond donors (Lipinski definition) is 1. The van der Waals surface area contributed by atoms with Gasteiger partial charge in [-0.1, -0.05) is 0 Å². The van der Waals surface area contributed by atoms with E-state index in [-0.39, 0.29) is 34.0 Å². The summed E-state index contributed by atoms with van der Waals surface area (Å²) in [6, 6.07) is 9.44. The number of nitrogens with one attached hydrogen (secondary N) is 1. The van der Waals surface area contributed by atoms with Gasteiger partial charge in [0.2, 0.25) is 11.1 Å². The van der Waals surface area contributed by atoms with Crippen LogP contribution in [-0.2, 0) is 22.4 Å². The molecule has 0 radical (unpaired) electrons. The van der Waals surface area contributed by atoms with Crippen molar-refractivity contribution in [1.82, 2.24) is 0 Å². The van der Waals surface area contributed by atoms with Crippen LogP contribution in [0, 0.1) is 20.2 Å². The second-order valence-electron chi connectivity index (χ2n) is 6.76. The van der Waals surface area contributed by atoms with Gasteiger partial charge in [0.25, 0.3) is 11.4 Å². The molecule has 0 unspecified atom stereocenters. The van der Waals surface area contributed by atoms with Crippen molar-refractivity contribution in [2.24, 2.45) is 0 Å². The molecule has 1 amide bonds. The van der Waals surface area contributed by atoms with Crippen LogP contribution in [0.25, 0.3) is 0 Å². The molecule has 2 aromatic carbocycles. The minimum absolute atomic E-state index is 0.0546. The Bertz CT molecular complexity index is 1070. The Hall–Kier alpha value is -2.95. The van der Waals surface area contributed by atoms with E-state index in [2.05, 4.69) is 5.32 Å². The lowest BCUT2D eigenvalue weighted by atomic mass is 10.1. The molecular formula is C20H19Cl3N4O6. The first kappa shape index (κ1) is 26.3. The average Bonchev–Trinajstić information content (AvgIpc) is 3.45. The molecule has 2 aliphatic rings. The first-order valence-electron chi connectivity index (χ1n) is 9.57. The second kappa shape index (κ2) is 12.3. The predicted octanol–water partition coefficient (Wildman–Crippen LogP) is 4.28. The van der Waals surface area contributed by atoms with Crippen molar-refractivity contribution in [1.29, 1.82) is 0 Å². The maximum Gasteiger partial charge on any atom is 0.269 e. The summed E-state index contributed by atoms with van der Waals surface area (Å²) in [6.07, 6.45) is 1.52. The highest BCUT2D eigenvalue weighted by Crippen LogP contribution is 2.31. The first-order valence-corrected chi connectivity index (χ1v) is 11.0. The third-order valence-corrected chi connectivity index (χ3v) is 5.44. The summed E-state index contributed by atoms with van der Waals surface area (Å²) in [6.45, 7) is 1.43. The highest BCUT2D eigenvalue weighted by molar-refractivity contribution is 6.67. The molecule has 0 aliphatic carbocycles. The van der Waals surface area contributed by atoms with E-state index >= 15 is 0 Å². The molecular weight excluding hydrogens is 499 g/mol. The highest BCUT2D eigenvalue weighted by Gasteiger charge is 2.25. The fourth-order valence-electron chi connectivity index (χ4n) is 3.24. The van der Waals surface area contributed by atoms with Crippen LogP contribution in [-0.4, -0.2) is 45.8 Å². The molecule has 0 saturated heterocycles. The van der Waals surface area contributed by atoms with Crippen molar-refractivity contribution >= 4 is 68.7 Å². The molecule has 2 aromatic rings. The molecule has 176 valence electrons. The van der Waals surface area contributed by atoms with Gasteiger partial charge in [-0.15, -0.1) is 23.2 Å². The number of carbonyl (C=O) groups excluding carboxylic acids is 2. The van der Waals surface area contributed by atoms with Crippen LogP contribution in [0.4, 0.5) is 22.7 Å². The lowest BCUT2D eigenvalue weighted by Gasteiger charge is -2.15. The van der Waals surface area contributed by atoms with E-state index in [4.69, 9.17) is 34.8 Å². The summed E-state index contributed by atoms with van der Waals surface area (Å²) in [5.74, 6) is -0.341. The molecule has 0 atom stereocenters. The number of nitro groups is 2. The SMILES string of the molecule is O=C(CCl)N1CCc2cc([N+](=O)[O-])ccc21.O=C(Cl)CCl.O=[N+]([O-])c1ccc2c(c1)CCN2. The predicted molar refractivity (Wildman–Crippen MR) is 127 cm³/mol. The van der Waals surface area contributed by atoms with Crippen molar-refractivity contribution in [3.05, 3.63) is 67.8 Å². The number of benzene rings is 2. The number of rotatable bonds is 4. The van der Waals surface area contributed by atoms with Gasteiger partial charge in [-0.05, 0) is 47.7 Å². The van der Waals surface area contributed by atoms with Crippen LogP contribution < -0.4 is 10.2 Å². The number of carbonyl (C=O) groups is 2. The minimum atomic E-state index is -0.508. The van der Waals surface area contributed by atoms with E-state index in [1.807, 2.05) is 0 Å². The number of amides is 1. The third-order valence-electron chi connectivity index (χ3n) is 4.70. The Morgan fingerprint density at radius 2 is 1.52 bits per heavy atom. The van der Waals surface area contributed by atoms with Gasteiger partial charge in [-0.3, -0.25) is 29.8 Å². The quantitative estimate of drug-likeness (QED) is 0.277. The molecule has 0 spiro atoms. The largest absolute Gasteiger partial charge is 0.384 e. The molecule has 4 rings (SSSR count). The lowest BCUT2D eigenvalue weighted by molar-refractivity contribution is -0.385. The summed E-state index contributed by atoms with van der Waals surface area (Å²) < 4.78 is 0. The van der Waals surface area contributed by atoms with Crippen molar-refractivity contribution < 1.29 is 19.4 Å². The molecule has 2 aliphatic heterocycles. The number of halogens is 3. The van der Waals surface area contributed by atoms with Gasteiger partial charge in [0.15, 0.2) is 0 Å². The number of hydrogen-bond acceptors (Lipinski definition) is 7. The average molecular weight is 518 g/mol. The molecule has 2 heterocycles. The maximum atomic E-state index is 11.5. The Labute approximate surface area is 203 Å². The fourth-order valence-corrected chi connectivity index (χ4v) is 3.38. The van der Waals surface area contributed by atoms with Crippen LogP contribution in [0.2, 0.25) is 0 Å². The van der Waals surface area contributed by atoms with Crippen molar-refractivity contribution in [2.75, 3.05) is 35.1 Å². The topological polar surface area (TPSA) is 136 Å². The van der Waals surface area contributed by atoms with Crippen LogP contribution in [0.3, 0.4) is 0 Å². The monoisotopic (exact) mass is 516 g/mol. The first-order chi connectivity index (χ1) is 15.7. The van der Waals surface area contributed by atoms with E-state index in [1.165, 1.54) is 18.2 Å². The van der Waals surface area contributed by atoms with E-state index in [0.717, 1.165) is 35.5 Å². The molecule has 33 heavy (non-hydrogen) atoms. The summed E-state index contributed by atoms with van der Waals surface area (Å²) in [4.78, 5) is 42.6. The molecule has 10 nitrogen and oxygen atoms in total. The lowest BCUT2D eigenvalue weighted by Crippen LogP contribution is -2.29. The van der Waals surface area contributed by atoms with Crippen LogP contribution in [0.15, 0.2) is 36.4 Å². The van der Waals surface area contributed by atoms with Gasteiger partial charge in [0, 0.05) is 48.7 Å². The zero-order valence-corrected chi connectivity index (χ0v) is 19.4. The molecule has 0 saturated carbocycles. The zero-order valence-electron chi connectivity index (χ0n) is 17.1. The van der Waals surface area contributed by atoms with E-state index < -0.39 is 10.2 Å². The van der Waals surface area contributed by atoms with E-state index in [1.54, 1.807) is 23.1 Å². The maximum absolute atomic E-state index is 11.5. The van der Waals surface area contributed by atoms with Crippen LogP contribution in [0.1, 0.15) is 11.1 Å². The molecule has 0 bridgehead atoms. The van der Waals surface area contributed by atoms with Crippen molar-refractivity contribution in [3.63, 3.8) is 0 Å². The molecule has 1 N–H and O–H groups in total. The summed E-state index contributed by atoms with van der Waals surface area (Å²) in [5.41, 5.74) is 3.87. The second-order valence-corrected chi connectivity index (χ2v) is 7.72. The van der Waals surface area contributed by atoms with Gasteiger partial charge < -0.3 is 10.2 Å². The highest BCUT2D eigenvalue weighted by atomic mass is 35.5. The minimum Gasteiger partial charge on any atom is -0.384 e.